The minimum Gasteiger partial charge on any atom is -0.420 e. The van der Waals surface area contributed by atoms with E-state index in [1.54, 1.807) is 6.07 Å². The molecular weight excluding hydrogens is 376 g/mol. The Hall–Kier alpha value is -2.74. The number of hydrogen-bond donors (Lipinski definition) is 0. The summed E-state index contributed by atoms with van der Waals surface area (Å²) in [6.07, 6.45) is -3.62. The highest BCUT2D eigenvalue weighted by molar-refractivity contribution is 5.52. The van der Waals surface area contributed by atoms with Gasteiger partial charge in [-0.3, -0.25) is 0 Å². The van der Waals surface area contributed by atoms with E-state index in [-0.39, 0.29) is 11.8 Å². The Balaban J connectivity index is 1.78. The summed E-state index contributed by atoms with van der Waals surface area (Å²) >= 11 is 0. The van der Waals surface area contributed by atoms with E-state index in [9.17, 15) is 17.6 Å². The van der Waals surface area contributed by atoms with Crippen LogP contribution >= 0.6 is 0 Å². The molecule has 0 bridgehead atoms. The van der Waals surface area contributed by atoms with E-state index in [2.05, 4.69) is 10.2 Å². The maximum Gasteiger partial charge on any atom is 0.416 e. The van der Waals surface area contributed by atoms with Gasteiger partial charge in [-0.15, -0.1) is 10.2 Å². The SMILES string of the molecule is Fc1ccc(-c2nnc(C3(c4cccc(C(F)(F)F)c4)CCOCC3)o2)cc1. The molecule has 0 radical (unpaired) electrons. The van der Waals surface area contributed by atoms with Gasteiger partial charge >= 0.3 is 6.18 Å². The maximum absolute atomic E-state index is 13.2. The van der Waals surface area contributed by atoms with Crippen LogP contribution in [0.1, 0.15) is 29.9 Å². The minimum atomic E-state index is -4.45. The largest absolute Gasteiger partial charge is 0.420 e. The predicted molar refractivity (Wildman–Crippen MR) is 92.0 cm³/mol. The van der Waals surface area contributed by atoms with Crippen LogP contribution in [0.2, 0.25) is 0 Å². The molecule has 1 aromatic heterocycles. The fourth-order valence-corrected chi connectivity index (χ4v) is 3.46. The van der Waals surface area contributed by atoms with Crippen molar-refractivity contribution in [1.82, 2.24) is 10.2 Å². The van der Waals surface area contributed by atoms with Crippen LogP contribution in [-0.2, 0) is 16.3 Å². The van der Waals surface area contributed by atoms with Gasteiger partial charge in [-0.25, -0.2) is 4.39 Å². The fourth-order valence-electron chi connectivity index (χ4n) is 3.46. The average Bonchev–Trinajstić information content (AvgIpc) is 3.19. The Kier molecular flexibility index (Phi) is 4.66. The van der Waals surface area contributed by atoms with Crippen molar-refractivity contribution in [2.75, 3.05) is 13.2 Å². The Morgan fingerprint density at radius 1 is 0.929 bits per heavy atom. The first kappa shape index (κ1) is 18.6. The van der Waals surface area contributed by atoms with Crippen LogP contribution in [-0.4, -0.2) is 23.4 Å². The van der Waals surface area contributed by atoms with Gasteiger partial charge in [-0.1, -0.05) is 18.2 Å². The molecule has 0 atom stereocenters. The number of rotatable bonds is 3. The Morgan fingerprint density at radius 2 is 1.64 bits per heavy atom. The first-order valence-corrected chi connectivity index (χ1v) is 8.74. The van der Waals surface area contributed by atoms with E-state index in [0.717, 1.165) is 12.1 Å². The number of benzene rings is 2. The molecule has 1 fully saturated rings. The third-order valence-electron chi connectivity index (χ3n) is 5.01. The normalized spacial score (nSPS) is 16.9. The van der Waals surface area contributed by atoms with E-state index in [0.29, 0.717) is 37.2 Å². The van der Waals surface area contributed by atoms with Gasteiger partial charge in [0.25, 0.3) is 0 Å². The van der Waals surface area contributed by atoms with Gasteiger partial charge in [0.15, 0.2) is 0 Å². The summed E-state index contributed by atoms with van der Waals surface area (Å²) in [6.45, 7) is 0.731. The molecule has 2 heterocycles. The predicted octanol–water partition coefficient (Wildman–Crippen LogP) is 4.99. The Labute approximate surface area is 158 Å². The summed E-state index contributed by atoms with van der Waals surface area (Å²) < 4.78 is 64.1. The third kappa shape index (κ3) is 3.40. The summed E-state index contributed by atoms with van der Waals surface area (Å²) in [5, 5.41) is 8.16. The zero-order chi connectivity index (χ0) is 19.8. The van der Waals surface area contributed by atoms with Crippen LogP contribution in [0.25, 0.3) is 11.5 Å². The first-order valence-electron chi connectivity index (χ1n) is 8.74. The molecule has 0 saturated carbocycles. The molecule has 146 valence electrons. The Bertz CT molecular complexity index is 961. The minimum absolute atomic E-state index is 0.188. The third-order valence-corrected chi connectivity index (χ3v) is 5.01. The van der Waals surface area contributed by atoms with E-state index in [1.165, 1.54) is 30.3 Å². The number of aromatic nitrogens is 2. The van der Waals surface area contributed by atoms with Crippen LogP contribution in [0.5, 0.6) is 0 Å². The highest BCUT2D eigenvalue weighted by Crippen LogP contribution is 2.43. The van der Waals surface area contributed by atoms with Crippen molar-refractivity contribution in [3.8, 4) is 11.5 Å². The number of halogens is 4. The average molecular weight is 392 g/mol. The molecule has 0 N–H and O–H groups in total. The van der Waals surface area contributed by atoms with Crippen LogP contribution in [0.3, 0.4) is 0 Å². The highest BCUT2D eigenvalue weighted by atomic mass is 19.4. The zero-order valence-corrected chi connectivity index (χ0v) is 14.7. The molecule has 4 nitrogen and oxygen atoms in total. The van der Waals surface area contributed by atoms with Crippen LogP contribution in [0.15, 0.2) is 52.9 Å². The lowest BCUT2D eigenvalue weighted by Crippen LogP contribution is -2.35. The van der Waals surface area contributed by atoms with Crippen molar-refractivity contribution in [2.24, 2.45) is 0 Å². The van der Waals surface area contributed by atoms with Crippen molar-refractivity contribution in [3.05, 3.63) is 71.4 Å². The molecule has 28 heavy (non-hydrogen) atoms. The lowest BCUT2D eigenvalue weighted by molar-refractivity contribution is -0.137. The van der Waals surface area contributed by atoms with Gasteiger partial charge in [0.1, 0.15) is 5.82 Å². The number of ether oxygens (including phenoxy) is 1. The summed E-state index contributed by atoms with van der Waals surface area (Å²) in [6, 6.07) is 10.8. The smallest absolute Gasteiger partial charge is 0.416 e. The summed E-state index contributed by atoms with van der Waals surface area (Å²) in [5.41, 5.74) is -0.606. The van der Waals surface area contributed by atoms with Gasteiger partial charge in [-0.2, -0.15) is 13.2 Å². The van der Waals surface area contributed by atoms with Crippen LogP contribution < -0.4 is 0 Å². The molecule has 4 rings (SSSR count). The summed E-state index contributed by atoms with van der Waals surface area (Å²) in [4.78, 5) is 0. The Morgan fingerprint density at radius 3 is 2.32 bits per heavy atom. The monoisotopic (exact) mass is 392 g/mol. The van der Waals surface area contributed by atoms with Gasteiger partial charge in [-0.05, 0) is 48.7 Å². The molecule has 0 amide bonds. The van der Waals surface area contributed by atoms with Crippen molar-refractivity contribution < 1.29 is 26.7 Å². The van der Waals surface area contributed by atoms with E-state index >= 15 is 0 Å². The molecule has 0 aliphatic carbocycles. The maximum atomic E-state index is 13.2. The molecule has 3 aromatic rings. The van der Waals surface area contributed by atoms with Crippen LogP contribution in [0, 0.1) is 5.82 Å². The molecular formula is C20H16F4N2O2. The molecule has 1 aliphatic heterocycles. The van der Waals surface area contributed by atoms with E-state index in [4.69, 9.17) is 9.15 Å². The zero-order valence-electron chi connectivity index (χ0n) is 14.7. The van der Waals surface area contributed by atoms with Gasteiger partial charge in [0.2, 0.25) is 11.8 Å². The number of alkyl halides is 3. The van der Waals surface area contributed by atoms with Gasteiger partial charge in [0.05, 0.1) is 11.0 Å². The summed E-state index contributed by atoms with van der Waals surface area (Å²) in [7, 11) is 0. The lowest BCUT2D eigenvalue weighted by Gasteiger charge is -2.34. The van der Waals surface area contributed by atoms with E-state index < -0.39 is 23.0 Å². The second-order valence-electron chi connectivity index (χ2n) is 6.69. The molecule has 0 unspecified atom stereocenters. The topological polar surface area (TPSA) is 48.2 Å². The molecule has 0 spiro atoms. The number of hydrogen-bond acceptors (Lipinski definition) is 4. The van der Waals surface area contributed by atoms with E-state index in [1.807, 2.05) is 0 Å². The quantitative estimate of drug-likeness (QED) is 0.589. The molecule has 8 heteroatoms. The second kappa shape index (κ2) is 7.01. The number of nitrogens with zero attached hydrogens (tertiary/aromatic N) is 2. The first-order chi connectivity index (χ1) is 13.4. The fraction of sp³-hybridized carbons (Fsp3) is 0.300. The van der Waals surface area contributed by atoms with Crippen molar-refractivity contribution in [1.29, 1.82) is 0 Å². The van der Waals surface area contributed by atoms with Crippen molar-refractivity contribution >= 4 is 0 Å². The van der Waals surface area contributed by atoms with Crippen molar-refractivity contribution in [2.45, 2.75) is 24.4 Å². The van der Waals surface area contributed by atoms with Crippen molar-refractivity contribution in [3.63, 3.8) is 0 Å². The molecule has 1 saturated heterocycles. The van der Waals surface area contributed by atoms with Gasteiger partial charge < -0.3 is 9.15 Å². The molecule has 2 aromatic carbocycles. The highest BCUT2D eigenvalue weighted by Gasteiger charge is 2.43. The van der Waals surface area contributed by atoms with Gasteiger partial charge in [0, 0.05) is 18.8 Å². The second-order valence-corrected chi connectivity index (χ2v) is 6.69. The summed E-state index contributed by atoms with van der Waals surface area (Å²) in [5.74, 6) is 0.0237. The van der Waals surface area contributed by atoms with Crippen LogP contribution in [0.4, 0.5) is 17.6 Å². The standard InChI is InChI=1S/C20H16F4N2O2/c21-16-6-4-13(5-7-16)17-25-26-18(28-17)19(8-10-27-11-9-19)14-2-1-3-15(12-14)20(22,23)24/h1-7,12H,8-11H2. The lowest BCUT2D eigenvalue weighted by atomic mass is 9.73. The molecule has 1 aliphatic rings.